The van der Waals surface area contributed by atoms with E-state index in [9.17, 15) is 14.4 Å². The minimum atomic E-state index is -0.994. The summed E-state index contributed by atoms with van der Waals surface area (Å²) in [6.45, 7) is 6.79. The molecular weight excluding hydrogens is 372 g/mol. The maximum absolute atomic E-state index is 12.8. The van der Waals surface area contributed by atoms with Gasteiger partial charge >= 0.3 is 11.9 Å². The van der Waals surface area contributed by atoms with E-state index in [0.717, 1.165) is 16.6 Å². The largest absolute Gasteiger partial charge is 0.465 e. The second-order valence-electron chi connectivity index (χ2n) is 7.04. The maximum Gasteiger partial charge on any atom is 0.339 e. The Hall–Kier alpha value is -3.35. The molecule has 1 unspecified atom stereocenters. The lowest BCUT2D eigenvalue weighted by atomic mass is 10.1. The zero-order chi connectivity index (χ0) is 21.3. The van der Waals surface area contributed by atoms with Crippen molar-refractivity contribution in [1.29, 1.82) is 0 Å². The predicted octanol–water partition coefficient (Wildman–Crippen LogP) is 3.50. The van der Waals surface area contributed by atoms with E-state index in [1.165, 1.54) is 14.0 Å². The molecule has 0 fully saturated rings. The third-order valence-corrected chi connectivity index (χ3v) is 5.06. The van der Waals surface area contributed by atoms with Crippen molar-refractivity contribution in [2.45, 2.75) is 40.3 Å². The molecule has 0 radical (unpaired) electrons. The molecule has 2 aromatic heterocycles. The summed E-state index contributed by atoms with van der Waals surface area (Å²) in [5.41, 5.74) is 3.44. The molecule has 1 aromatic carbocycles. The van der Waals surface area contributed by atoms with Crippen LogP contribution in [-0.2, 0) is 20.8 Å². The van der Waals surface area contributed by atoms with Crippen LogP contribution < -0.4 is 0 Å². The Morgan fingerprint density at radius 1 is 1.14 bits per heavy atom. The number of hydrogen-bond donors (Lipinski definition) is 1. The fourth-order valence-corrected chi connectivity index (χ4v) is 3.58. The van der Waals surface area contributed by atoms with Crippen LogP contribution in [0.3, 0.4) is 0 Å². The van der Waals surface area contributed by atoms with Gasteiger partial charge in [0.05, 0.1) is 18.4 Å². The highest BCUT2D eigenvalue weighted by Crippen LogP contribution is 2.22. The minimum absolute atomic E-state index is 0.00706. The average Bonchev–Trinajstić information content (AvgIpc) is 3.16. The molecule has 0 amide bonds. The molecule has 0 aliphatic heterocycles. The zero-order valence-electron chi connectivity index (χ0n) is 17.2. The number of rotatable bonds is 6. The van der Waals surface area contributed by atoms with Crippen LogP contribution in [0.15, 0.2) is 30.3 Å². The molecule has 29 heavy (non-hydrogen) atoms. The van der Waals surface area contributed by atoms with Crippen LogP contribution in [0.25, 0.3) is 10.9 Å². The molecule has 7 heteroatoms. The summed E-state index contributed by atoms with van der Waals surface area (Å²) in [6, 6.07) is 9.76. The lowest BCUT2D eigenvalue weighted by Crippen LogP contribution is -2.27. The fourth-order valence-electron chi connectivity index (χ4n) is 3.58. The van der Waals surface area contributed by atoms with E-state index in [1.807, 2.05) is 41.8 Å². The second kappa shape index (κ2) is 7.95. The molecule has 1 N–H and O–H groups in total. The number of nitrogens with one attached hydrogen (secondary N) is 1. The Morgan fingerprint density at radius 3 is 2.52 bits per heavy atom. The molecule has 1 atom stereocenters. The van der Waals surface area contributed by atoms with Crippen molar-refractivity contribution in [3.05, 3.63) is 58.5 Å². The first-order chi connectivity index (χ1) is 13.7. The van der Waals surface area contributed by atoms with Gasteiger partial charge in [0, 0.05) is 16.9 Å². The standard InChI is InChI=1S/C22H24N2O5/c1-12-10-16-8-6-7-9-17(16)24(12)11-18(25)29-15(4)21(26)20-13(2)19(14(3)23-20)22(27)28-5/h6-10,15,23H,11H2,1-5H3. The van der Waals surface area contributed by atoms with Crippen molar-refractivity contribution in [3.8, 4) is 0 Å². The monoisotopic (exact) mass is 396 g/mol. The number of esters is 2. The molecule has 3 aromatic rings. The van der Waals surface area contributed by atoms with Crippen molar-refractivity contribution in [1.82, 2.24) is 9.55 Å². The molecule has 152 valence electrons. The smallest absolute Gasteiger partial charge is 0.339 e. The number of ether oxygens (including phenoxy) is 2. The van der Waals surface area contributed by atoms with E-state index in [-0.39, 0.29) is 12.2 Å². The van der Waals surface area contributed by atoms with Gasteiger partial charge in [-0.25, -0.2) is 4.79 Å². The van der Waals surface area contributed by atoms with Crippen LogP contribution in [0.2, 0.25) is 0 Å². The van der Waals surface area contributed by atoms with Gasteiger partial charge in [0.15, 0.2) is 6.10 Å². The normalized spacial score (nSPS) is 12.0. The number of para-hydroxylation sites is 1. The van der Waals surface area contributed by atoms with Gasteiger partial charge in [-0.1, -0.05) is 18.2 Å². The number of H-pyrrole nitrogens is 1. The number of fused-ring (bicyclic) bond motifs is 1. The van der Waals surface area contributed by atoms with Crippen LogP contribution in [0, 0.1) is 20.8 Å². The lowest BCUT2D eigenvalue weighted by molar-refractivity contribution is -0.147. The first-order valence-electron chi connectivity index (χ1n) is 9.30. The number of carbonyl (C=O) groups excluding carboxylic acids is 3. The van der Waals surface area contributed by atoms with Crippen molar-refractivity contribution in [3.63, 3.8) is 0 Å². The topological polar surface area (TPSA) is 90.4 Å². The van der Waals surface area contributed by atoms with Gasteiger partial charge < -0.3 is 19.0 Å². The number of methoxy groups -OCH3 is 1. The van der Waals surface area contributed by atoms with E-state index in [4.69, 9.17) is 9.47 Å². The van der Waals surface area contributed by atoms with E-state index in [0.29, 0.717) is 16.8 Å². The summed E-state index contributed by atoms with van der Waals surface area (Å²) < 4.78 is 12.0. The van der Waals surface area contributed by atoms with Crippen LogP contribution in [-0.4, -0.2) is 40.5 Å². The number of aromatic amines is 1. The van der Waals surface area contributed by atoms with Crippen LogP contribution >= 0.6 is 0 Å². The van der Waals surface area contributed by atoms with Crippen molar-refractivity contribution >= 4 is 28.6 Å². The quantitative estimate of drug-likeness (QED) is 0.509. The Morgan fingerprint density at radius 2 is 1.83 bits per heavy atom. The van der Waals surface area contributed by atoms with Gasteiger partial charge in [-0.2, -0.15) is 0 Å². The van der Waals surface area contributed by atoms with Crippen LogP contribution in [0.1, 0.15) is 44.7 Å². The number of hydrogen-bond acceptors (Lipinski definition) is 5. The molecule has 0 saturated heterocycles. The molecule has 7 nitrogen and oxygen atoms in total. The van der Waals surface area contributed by atoms with Gasteiger partial charge in [-0.15, -0.1) is 0 Å². The summed E-state index contributed by atoms with van der Waals surface area (Å²) in [5.74, 6) is -1.43. The minimum Gasteiger partial charge on any atom is -0.465 e. The molecule has 0 spiro atoms. The Labute approximate surface area is 168 Å². The molecule has 2 heterocycles. The number of carbonyl (C=O) groups is 3. The van der Waals surface area contributed by atoms with E-state index >= 15 is 0 Å². The molecular formula is C22H24N2O5. The number of Topliss-reactive ketones (excluding diaryl/α,β-unsaturated/α-hetero) is 1. The number of nitrogens with zero attached hydrogens (tertiary/aromatic N) is 1. The summed E-state index contributed by atoms with van der Waals surface area (Å²) in [4.78, 5) is 40.1. The summed E-state index contributed by atoms with van der Waals surface area (Å²) >= 11 is 0. The van der Waals surface area contributed by atoms with Gasteiger partial charge in [0.25, 0.3) is 0 Å². The SMILES string of the molecule is COC(=O)c1c(C)[nH]c(C(=O)C(C)OC(=O)Cn2c(C)cc3ccccc32)c1C. The second-order valence-corrected chi connectivity index (χ2v) is 7.04. The van der Waals surface area contributed by atoms with Gasteiger partial charge in [-0.3, -0.25) is 9.59 Å². The maximum atomic E-state index is 12.8. The van der Waals surface area contributed by atoms with E-state index < -0.39 is 23.8 Å². The number of aryl methyl sites for hydroxylation is 2. The highest BCUT2D eigenvalue weighted by molar-refractivity contribution is 6.04. The Kier molecular flexibility index (Phi) is 5.59. The highest BCUT2D eigenvalue weighted by atomic mass is 16.5. The van der Waals surface area contributed by atoms with Gasteiger partial charge in [0.1, 0.15) is 6.54 Å². The van der Waals surface area contributed by atoms with Gasteiger partial charge in [-0.05, 0) is 50.8 Å². The fraction of sp³-hybridized carbons (Fsp3) is 0.318. The third-order valence-electron chi connectivity index (χ3n) is 5.06. The zero-order valence-corrected chi connectivity index (χ0v) is 17.2. The molecule has 0 bridgehead atoms. The average molecular weight is 396 g/mol. The number of aromatic nitrogens is 2. The predicted molar refractivity (Wildman–Crippen MR) is 108 cm³/mol. The van der Waals surface area contributed by atoms with E-state index in [2.05, 4.69) is 4.98 Å². The first kappa shape index (κ1) is 20.4. The van der Waals surface area contributed by atoms with Crippen molar-refractivity contribution < 1.29 is 23.9 Å². The Bertz CT molecular complexity index is 1110. The number of benzene rings is 1. The summed E-state index contributed by atoms with van der Waals surface area (Å²) in [6.07, 6.45) is -0.994. The number of ketones is 1. The first-order valence-corrected chi connectivity index (χ1v) is 9.30. The van der Waals surface area contributed by atoms with Crippen LogP contribution in [0.5, 0.6) is 0 Å². The van der Waals surface area contributed by atoms with Gasteiger partial charge in [0.2, 0.25) is 5.78 Å². The molecule has 3 rings (SSSR count). The summed E-state index contributed by atoms with van der Waals surface area (Å²) in [5, 5.41) is 1.04. The molecule has 0 saturated carbocycles. The van der Waals surface area contributed by atoms with Crippen molar-refractivity contribution in [2.75, 3.05) is 7.11 Å². The summed E-state index contributed by atoms with van der Waals surface area (Å²) in [7, 11) is 1.28. The highest BCUT2D eigenvalue weighted by Gasteiger charge is 2.27. The lowest BCUT2D eigenvalue weighted by Gasteiger charge is -2.14. The van der Waals surface area contributed by atoms with Crippen LogP contribution in [0.4, 0.5) is 0 Å². The molecule has 0 aliphatic carbocycles. The third kappa shape index (κ3) is 3.81. The van der Waals surface area contributed by atoms with E-state index in [1.54, 1.807) is 13.8 Å². The van der Waals surface area contributed by atoms with Crippen molar-refractivity contribution in [2.24, 2.45) is 0 Å². The Balaban J connectivity index is 1.75. The molecule has 0 aliphatic rings.